The molecule has 0 aromatic heterocycles. The average molecular weight is 682 g/mol. The predicted octanol–water partition coefficient (Wildman–Crippen LogP) is 5.61. The summed E-state index contributed by atoms with van der Waals surface area (Å²) in [6, 6.07) is 17.6. The van der Waals surface area contributed by atoms with Gasteiger partial charge in [0, 0.05) is 27.1 Å². The summed E-state index contributed by atoms with van der Waals surface area (Å²) in [4.78, 5) is 82.3. The number of imide groups is 2. The van der Waals surface area contributed by atoms with Crippen molar-refractivity contribution in [1.29, 1.82) is 0 Å². The van der Waals surface area contributed by atoms with Crippen LogP contribution in [0.15, 0.2) is 82.9 Å². The first-order valence-corrected chi connectivity index (χ1v) is 15.9. The average Bonchev–Trinajstić information content (AvgIpc) is 3.45. The molecule has 232 valence electrons. The van der Waals surface area contributed by atoms with E-state index < -0.39 is 47.3 Å². The van der Waals surface area contributed by atoms with Gasteiger partial charge < -0.3 is 5.11 Å². The van der Waals surface area contributed by atoms with Gasteiger partial charge in [0.25, 0.3) is 0 Å². The fourth-order valence-electron chi connectivity index (χ4n) is 7.91. The first-order chi connectivity index (χ1) is 22.0. The smallest absolute Gasteiger partial charge is 0.238 e. The number of halogens is 1. The van der Waals surface area contributed by atoms with Crippen molar-refractivity contribution < 1.29 is 33.9 Å². The first-order valence-electron chi connectivity index (χ1n) is 15.1. The highest BCUT2D eigenvalue weighted by Gasteiger charge is 2.62. The van der Waals surface area contributed by atoms with E-state index >= 15 is 0 Å². The molecule has 2 heterocycles. The lowest BCUT2D eigenvalue weighted by molar-refractivity contribution is -0.126. The van der Waals surface area contributed by atoms with E-state index in [9.17, 15) is 33.9 Å². The molecule has 7 rings (SSSR count). The number of carbonyl (C=O) groups is 6. The first kappa shape index (κ1) is 30.0. The van der Waals surface area contributed by atoms with Gasteiger partial charge in [-0.1, -0.05) is 27.6 Å². The third-order valence-corrected chi connectivity index (χ3v) is 10.5. The minimum Gasteiger partial charge on any atom is -0.508 e. The van der Waals surface area contributed by atoms with Gasteiger partial charge in [-0.2, -0.15) is 0 Å². The predicted molar refractivity (Wildman–Crippen MR) is 171 cm³/mol. The van der Waals surface area contributed by atoms with Crippen LogP contribution in [0, 0.1) is 29.6 Å². The number of hydrogen-bond donors (Lipinski definition) is 1. The molecule has 9 nitrogen and oxygen atoms in total. The van der Waals surface area contributed by atoms with E-state index in [-0.39, 0.29) is 42.0 Å². The molecule has 0 unspecified atom stereocenters. The molecular weight excluding hydrogens is 652 g/mol. The van der Waals surface area contributed by atoms with Crippen molar-refractivity contribution in [3.8, 4) is 5.75 Å². The third-order valence-electron chi connectivity index (χ3n) is 10.0. The quantitative estimate of drug-likeness (QED) is 0.211. The normalized spacial score (nSPS) is 26.9. The molecule has 2 aliphatic carbocycles. The van der Waals surface area contributed by atoms with Crippen LogP contribution < -0.4 is 9.80 Å². The summed E-state index contributed by atoms with van der Waals surface area (Å²) < 4.78 is 0.675. The zero-order valence-electron chi connectivity index (χ0n) is 25.0. The van der Waals surface area contributed by atoms with Gasteiger partial charge in [-0.3, -0.25) is 38.6 Å². The zero-order chi connectivity index (χ0) is 32.6. The van der Waals surface area contributed by atoms with Crippen LogP contribution in [0.2, 0.25) is 0 Å². The molecule has 3 fully saturated rings. The van der Waals surface area contributed by atoms with Crippen molar-refractivity contribution in [2.75, 3.05) is 9.80 Å². The van der Waals surface area contributed by atoms with Crippen molar-refractivity contribution in [3.05, 3.63) is 99.5 Å². The third kappa shape index (κ3) is 4.49. The van der Waals surface area contributed by atoms with Crippen molar-refractivity contribution in [2.24, 2.45) is 29.6 Å². The Morgan fingerprint density at radius 2 is 1.22 bits per heavy atom. The molecule has 4 aliphatic rings. The molecule has 0 radical (unpaired) electrons. The molecule has 0 spiro atoms. The van der Waals surface area contributed by atoms with Crippen LogP contribution in [-0.4, -0.2) is 40.3 Å². The Labute approximate surface area is 273 Å². The number of carbonyl (C=O) groups excluding carboxylic acids is 6. The number of anilines is 2. The zero-order valence-corrected chi connectivity index (χ0v) is 26.6. The SMILES string of the molecule is CC(=O)c1ccc(N2C(=O)[C@H]3[C@H](CC=C4[C@H]3C[C@H]3C(=O)N(c5ccc(C(C)=O)cc5)C(=O)[C@H]3[C@H]4c3cc(Br)ccc3O)C2=O)cc1. The van der Waals surface area contributed by atoms with Crippen molar-refractivity contribution in [2.45, 2.75) is 32.6 Å². The van der Waals surface area contributed by atoms with Crippen molar-refractivity contribution >= 4 is 62.5 Å². The van der Waals surface area contributed by atoms with Crippen molar-refractivity contribution in [3.63, 3.8) is 0 Å². The Hall–Kier alpha value is -4.70. The maximum atomic E-state index is 14.2. The Balaban J connectivity index is 1.31. The molecule has 3 aromatic rings. The molecule has 6 atom stereocenters. The summed E-state index contributed by atoms with van der Waals surface area (Å²) in [5, 5.41) is 11.1. The fraction of sp³-hybridized carbons (Fsp3) is 0.278. The fourth-order valence-corrected chi connectivity index (χ4v) is 8.29. The van der Waals surface area contributed by atoms with Gasteiger partial charge in [0.05, 0.1) is 35.0 Å². The summed E-state index contributed by atoms with van der Waals surface area (Å²) in [7, 11) is 0. The number of fused-ring (bicyclic) bond motifs is 4. The standard InChI is InChI=1S/C36H29BrN2O7/c1-17(40)19-3-8-22(9-4-19)38-33(43)25-13-12-24-26(31(25)35(38)45)16-28-32(30(24)27-15-21(37)7-14-29(27)42)36(46)39(34(28)44)23-10-5-20(6-11-23)18(2)41/h3-12,14-15,25-26,28,30-32,42H,13,16H2,1-2H3/t25-,26+,28+,30+,31-,32+/m0/s1. The van der Waals surface area contributed by atoms with E-state index in [4.69, 9.17) is 0 Å². The number of amides is 4. The van der Waals surface area contributed by atoms with Gasteiger partial charge in [0.1, 0.15) is 5.75 Å². The molecule has 3 aromatic carbocycles. The minimum atomic E-state index is -0.846. The number of phenolic OH excluding ortho intramolecular Hbond substituents is 1. The number of Topliss-reactive ketones (excluding diaryl/α,β-unsaturated/α-hetero) is 2. The summed E-state index contributed by atoms with van der Waals surface area (Å²) >= 11 is 3.48. The van der Waals surface area contributed by atoms with Gasteiger partial charge in [0.15, 0.2) is 11.6 Å². The largest absolute Gasteiger partial charge is 0.508 e. The second kappa shape index (κ2) is 11.0. The van der Waals surface area contributed by atoms with Gasteiger partial charge in [0.2, 0.25) is 23.6 Å². The second-order valence-corrected chi connectivity index (χ2v) is 13.4. The topological polar surface area (TPSA) is 129 Å². The van der Waals surface area contributed by atoms with E-state index in [1.807, 2.05) is 6.08 Å². The molecule has 4 amide bonds. The maximum Gasteiger partial charge on any atom is 0.238 e. The Kier molecular flexibility index (Phi) is 7.15. The summed E-state index contributed by atoms with van der Waals surface area (Å²) in [5.41, 5.74) is 2.85. The highest BCUT2D eigenvalue weighted by Crippen LogP contribution is 2.59. The van der Waals surface area contributed by atoms with Crippen LogP contribution in [0.5, 0.6) is 5.75 Å². The van der Waals surface area contributed by atoms with Crippen LogP contribution in [0.4, 0.5) is 11.4 Å². The van der Waals surface area contributed by atoms with Crippen LogP contribution in [0.3, 0.4) is 0 Å². The molecule has 0 bridgehead atoms. The van der Waals surface area contributed by atoms with Crippen LogP contribution in [0.1, 0.15) is 58.9 Å². The number of allylic oxidation sites excluding steroid dienone is 2. The van der Waals surface area contributed by atoms with Crippen LogP contribution in [0.25, 0.3) is 0 Å². The molecule has 1 saturated carbocycles. The van der Waals surface area contributed by atoms with Gasteiger partial charge in [-0.15, -0.1) is 0 Å². The lowest BCUT2D eigenvalue weighted by atomic mass is 9.57. The monoisotopic (exact) mass is 680 g/mol. The van der Waals surface area contributed by atoms with Gasteiger partial charge in [-0.25, -0.2) is 0 Å². The maximum absolute atomic E-state index is 14.2. The Morgan fingerprint density at radius 3 is 1.76 bits per heavy atom. The highest BCUT2D eigenvalue weighted by molar-refractivity contribution is 9.10. The molecule has 46 heavy (non-hydrogen) atoms. The number of hydrogen-bond acceptors (Lipinski definition) is 7. The van der Waals surface area contributed by atoms with E-state index in [0.29, 0.717) is 32.5 Å². The van der Waals surface area contributed by atoms with Gasteiger partial charge in [-0.05, 0) is 99.3 Å². The lowest BCUT2D eigenvalue weighted by Gasteiger charge is -2.44. The highest BCUT2D eigenvalue weighted by atomic mass is 79.9. The van der Waals surface area contributed by atoms with E-state index in [1.54, 1.807) is 60.7 Å². The Bertz CT molecular complexity index is 1900. The molecular formula is C36H29BrN2O7. The van der Waals surface area contributed by atoms with Crippen LogP contribution in [-0.2, 0) is 19.2 Å². The molecule has 10 heteroatoms. The molecule has 2 aliphatic heterocycles. The van der Waals surface area contributed by atoms with E-state index in [1.165, 1.54) is 24.8 Å². The summed E-state index contributed by atoms with van der Waals surface area (Å²) in [5.74, 6) is -6.19. The van der Waals surface area contributed by atoms with Crippen molar-refractivity contribution in [1.82, 2.24) is 0 Å². The Morgan fingerprint density at radius 1 is 0.696 bits per heavy atom. The number of aromatic hydroxyl groups is 1. The molecule has 2 saturated heterocycles. The molecule has 1 N–H and O–H groups in total. The summed E-state index contributed by atoms with van der Waals surface area (Å²) in [6.45, 7) is 2.88. The number of nitrogens with zero attached hydrogens (tertiary/aromatic N) is 2. The lowest BCUT2D eigenvalue weighted by Crippen LogP contribution is -2.43. The number of rotatable bonds is 5. The van der Waals surface area contributed by atoms with Crippen LogP contribution >= 0.6 is 15.9 Å². The van der Waals surface area contributed by atoms with Gasteiger partial charge >= 0.3 is 0 Å². The second-order valence-electron chi connectivity index (χ2n) is 12.5. The van der Waals surface area contributed by atoms with E-state index in [0.717, 1.165) is 10.5 Å². The van der Waals surface area contributed by atoms with E-state index in [2.05, 4.69) is 15.9 Å². The minimum absolute atomic E-state index is 0.0406. The number of phenols is 1. The number of ketones is 2. The summed E-state index contributed by atoms with van der Waals surface area (Å²) in [6.07, 6.45) is 2.37. The number of benzene rings is 3.